The lowest BCUT2D eigenvalue weighted by Crippen LogP contribution is -2.24. The van der Waals surface area contributed by atoms with Gasteiger partial charge in [-0.05, 0) is 18.8 Å². The van der Waals surface area contributed by atoms with Crippen LogP contribution in [0.3, 0.4) is 0 Å². The van der Waals surface area contributed by atoms with Gasteiger partial charge in [-0.25, -0.2) is 9.78 Å². The number of nitrogens with zero attached hydrogens (tertiary/aromatic N) is 3. The van der Waals surface area contributed by atoms with Gasteiger partial charge in [0, 0.05) is 37.4 Å². The molecule has 0 radical (unpaired) electrons. The zero-order chi connectivity index (χ0) is 17.3. The fourth-order valence-corrected chi connectivity index (χ4v) is 2.98. The van der Waals surface area contributed by atoms with E-state index < -0.39 is 5.97 Å². The summed E-state index contributed by atoms with van der Waals surface area (Å²) < 4.78 is 12.7. The van der Waals surface area contributed by atoms with Crippen LogP contribution in [-0.2, 0) is 16.7 Å². The summed E-state index contributed by atoms with van der Waals surface area (Å²) in [5.41, 5.74) is 0.382. The maximum absolute atomic E-state index is 11.0. The molecule has 0 saturated carbocycles. The fourth-order valence-electron chi connectivity index (χ4n) is 2.98. The monoisotopic (exact) mass is 333 g/mol. The molecular formula is C17H23N3O4. The second kappa shape index (κ2) is 6.39. The Morgan fingerprint density at radius 2 is 2.08 bits per heavy atom. The molecule has 2 aromatic heterocycles. The van der Waals surface area contributed by atoms with Gasteiger partial charge in [0.2, 0.25) is 0 Å². The zero-order valence-electron chi connectivity index (χ0n) is 14.3. The molecule has 0 aliphatic carbocycles. The SMILES string of the molecule is CC(C)(C)c1nc(-c2cc(C(=O)O)no2)cn1CC1CCOCC1. The van der Waals surface area contributed by atoms with Gasteiger partial charge in [0.1, 0.15) is 11.5 Å². The van der Waals surface area contributed by atoms with E-state index in [0.29, 0.717) is 17.4 Å². The number of hydrogen-bond donors (Lipinski definition) is 1. The highest BCUT2D eigenvalue weighted by Gasteiger charge is 2.26. The van der Waals surface area contributed by atoms with Crippen molar-refractivity contribution in [3.05, 3.63) is 23.8 Å². The Labute approximate surface area is 140 Å². The Bertz CT molecular complexity index is 721. The van der Waals surface area contributed by atoms with Crippen molar-refractivity contribution in [1.29, 1.82) is 0 Å². The number of aromatic nitrogens is 3. The molecule has 0 bridgehead atoms. The topological polar surface area (TPSA) is 90.4 Å². The summed E-state index contributed by atoms with van der Waals surface area (Å²) >= 11 is 0. The van der Waals surface area contributed by atoms with Crippen molar-refractivity contribution in [2.75, 3.05) is 13.2 Å². The minimum atomic E-state index is -1.11. The van der Waals surface area contributed by atoms with Crippen molar-refractivity contribution < 1.29 is 19.2 Å². The quantitative estimate of drug-likeness (QED) is 0.925. The van der Waals surface area contributed by atoms with Gasteiger partial charge in [-0.3, -0.25) is 0 Å². The van der Waals surface area contributed by atoms with Gasteiger partial charge in [0.05, 0.1) is 0 Å². The van der Waals surface area contributed by atoms with E-state index in [2.05, 4.69) is 30.5 Å². The average molecular weight is 333 g/mol. The predicted molar refractivity (Wildman–Crippen MR) is 86.9 cm³/mol. The van der Waals surface area contributed by atoms with Crippen LogP contribution < -0.4 is 0 Å². The molecule has 2 aromatic rings. The fraction of sp³-hybridized carbons (Fsp3) is 0.588. The molecule has 0 spiro atoms. The van der Waals surface area contributed by atoms with Crippen LogP contribution >= 0.6 is 0 Å². The minimum Gasteiger partial charge on any atom is -0.476 e. The van der Waals surface area contributed by atoms with Crippen LogP contribution in [0.25, 0.3) is 11.5 Å². The van der Waals surface area contributed by atoms with E-state index in [-0.39, 0.29) is 11.1 Å². The molecule has 1 aliphatic heterocycles. The summed E-state index contributed by atoms with van der Waals surface area (Å²) in [6.07, 6.45) is 4.02. The lowest BCUT2D eigenvalue weighted by Gasteiger charge is -2.25. The highest BCUT2D eigenvalue weighted by Crippen LogP contribution is 2.29. The van der Waals surface area contributed by atoms with Crippen molar-refractivity contribution >= 4 is 5.97 Å². The normalized spacial score (nSPS) is 16.5. The van der Waals surface area contributed by atoms with E-state index >= 15 is 0 Å². The molecule has 0 unspecified atom stereocenters. The van der Waals surface area contributed by atoms with Crippen molar-refractivity contribution in [3.63, 3.8) is 0 Å². The lowest BCUT2D eigenvalue weighted by molar-refractivity contribution is 0.0607. The smallest absolute Gasteiger partial charge is 0.358 e. The molecule has 3 heterocycles. The van der Waals surface area contributed by atoms with Crippen molar-refractivity contribution in [3.8, 4) is 11.5 Å². The first-order valence-electron chi connectivity index (χ1n) is 8.20. The van der Waals surface area contributed by atoms with Crippen LogP contribution in [0.2, 0.25) is 0 Å². The Balaban J connectivity index is 1.91. The molecule has 3 rings (SSSR count). The zero-order valence-corrected chi connectivity index (χ0v) is 14.3. The summed E-state index contributed by atoms with van der Waals surface area (Å²) in [5, 5.41) is 12.6. The highest BCUT2D eigenvalue weighted by molar-refractivity contribution is 5.86. The molecule has 1 N–H and O–H groups in total. The van der Waals surface area contributed by atoms with Crippen molar-refractivity contribution in [1.82, 2.24) is 14.7 Å². The number of rotatable bonds is 4. The number of imidazole rings is 1. The van der Waals surface area contributed by atoms with Crippen LogP contribution in [0, 0.1) is 5.92 Å². The van der Waals surface area contributed by atoms with Gasteiger partial charge in [0.15, 0.2) is 11.5 Å². The number of ether oxygens (including phenoxy) is 1. The second-order valence-corrected chi connectivity index (χ2v) is 7.29. The van der Waals surface area contributed by atoms with Crippen LogP contribution in [0.5, 0.6) is 0 Å². The van der Waals surface area contributed by atoms with Gasteiger partial charge >= 0.3 is 5.97 Å². The molecule has 130 valence electrons. The van der Waals surface area contributed by atoms with Gasteiger partial charge in [-0.2, -0.15) is 0 Å². The molecule has 7 nitrogen and oxygen atoms in total. The summed E-state index contributed by atoms with van der Waals surface area (Å²) in [7, 11) is 0. The van der Waals surface area contributed by atoms with Crippen LogP contribution in [-0.4, -0.2) is 39.0 Å². The van der Waals surface area contributed by atoms with Gasteiger partial charge in [-0.1, -0.05) is 25.9 Å². The standard InChI is InChI=1S/C17H23N3O4/c1-17(2,3)16-18-13(14-8-12(15(21)22)19-24-14)10-20(16)9-11-4-6-23-7-5-11/h8,10-11H,4-7,9H2,1-3H3,(H,21,22). The van der Waals surface area contributed by atoms with E-state index in [4.69, 9.17) is 19.4 Å². The third kappa shape index (κ3) is 3.51. The van der Waals surface area contributed by atoms with Gasteiger partial charge < -0.3 is 18.9 Å². The van der Waals surface area contributed by atoms with E-state index in [1.807, 2.05) is 6.20 Å². The molecule has 0 aromatic carbocycles. The predicted octanol–water partition coefficient (Wildman–Crippen LogP) is 2.96. The third-order valence-corrected chi connectivity index (χ3v) is 4.22. The molecule has 1 fully saturated rings. The first-order chi connectivity index (χ1) is 11.3. The van der Waals surface area contributed by atoms with E-state index in [0.717, 1.165) is 38.4 Å². The largest absolute Gasteiger partial charge is 0.476 e. The van der Waals surface area contributed by atoms with Crippen molar-refractivity contribution in [2.24, 2.45) is 5.92 Å². The average Bonchev–Trinajstić information content (AvgIpc) is 3.14. The Morgan fingerprint density at radius 1 is 1.38 bits per heavy atom. The van der Waals surface area contributed by atoms with E-state index in [9.17, 15) is 4.79 Å². The maximum Gasteiger partial charge on any atom is 0.358 e. The highest BCUT2D eigenvalue weighted by atomic mass is 16.5. The Kier molecular flexibility index (Phi) is 4.45. The Hall–Kier alpha value is -2.15. The maximum atomic E-state index is 11.0. The molecule has 1 aliphatic rings. The van der Waals surface area contributed by atoms with Crippen LogP contribution in [0.1, 0.15) is 49.9 Å². The third-order valence-electron chi connectivity index (χ3n) is 4.22. The molecule has 0 atom stereocenters. The minimum absolute atomic E-state index is 0.110. The second-order valence-electron chi connectivity index (χ2n) is 7.29. The molecular weight excluding hydrogens is 310 g/mol. The number of carboxylic acid groups (broad SMARTS) is 1. The molecule has 1 saturated heterocycles. The summed E-state index contributed by atoms with van der Waals surface area (Å²) in [5.74, 6) is 0.787. The lowest BCUT2D eigenvalue weighted by atomic mass is 9.94. The van der Waals surface area contributed by atoms with Crippen LogP contribution in [0.15, 0.2) is 16.8 Å². The van der Waals surface area contributed by atoms with E-state index in [1.54, 1.807) is 0 Å². The van der Waals surface area contributed by atoms with Crippen LogP contribution in [0.4, 0.5) is 0 Å². The number of hydrogen-bond acceptors (Lipinski definition) is 5. The first kappa shape index (κ1) is 16.7. The van der Waals surface area contributed by atoms with Gasteiger partial charge in [-0.15, -0.1) is 0 Å². The van der Waals surface area contributed by atoms with Gasteiger partial charge in [0.25, 0.3) is 0 Å². The van der Waals surface area contributed by atoms with E-state index in [1.165, 1.54) is 6.07 Å². The van der Waals surface area contributed by atoms with Crippen molar-refractivity contribution in [2.45, 2.75) is 45.6 Å². The number of aromatic carboxylic acids is 1. The summed E-state index contributed by atoms with van der Waals surface area (Å²) in [6, 6.07) is 1.41. The molecule has 24 heavy (non-hydrogen) atoms. The molecule has 0 amide bonds. The number of carboxylic acids is 1. The first-order valence-corrected chi connectivity index (χ1v) is 8.20. The Morgan fingerprint density at radius 3 is 2.67 bits per heavy atom. The molecule has 7 heteroatoms. The summed E-state index contributed by atoms with van der Waals surface area (Å²) in [6.45, 7) is 8.83. The number of carbonyl (C=O) groups is 1. The summed E-state index contributed by atoms with van der Waals surface area (Å²) in [4.78, 5) is 15.7.